The molecule has 7 nitrogen and oxygen atoms in total. The lowest BCUT2D eigenvalue weighted by Crippen LogP contribution is -2.37. The molecule has 0 radical (unpaired) electrons. The van der Waals surface area contributed by atoms with Gasteiger partial charge in [0.2, 0.25) is 5.95 Å². The molecule has 0 aromatic carbocycles. The predicted octanol–water partition coefficient (Wildman–Crippen LogP) is 1.57. The zero-order valence-electron chi connectivity index (χ0n) is 11.8. The molecule has 0 spiro atoms. The van der Waals surface area contributed by atoms with Gasteiger partial charge in [-0.2, -0.15) is 0 Å². The number of rotatable bonds is 2. The van der Waals surface area contributed by atoms with Crippen LogP contribution < -0.4 is 10.6 Å². The third-order valence-corrected chi connectivity index (χ3v) is 4.35. The molecule has 1 aliphatic rings. The minimum atomic E-state index is 0.245. The average molecular weight is 314 g/mol. The average Bonchev–Trinajstić information content (AvgIpc) is 3.04. The van der Waals surface area contributed by atoms with Crippen molar-refractivity contribution in [2.24, 2.45) is 0 Å². The van der Waals surface area contributed by atoms with Crippen LogP contribution in [-0.2, 0) is 4.74 Å². The van der Waals surface area contributed by atoms with Gasteiger partial charge in [-0.25, -0.2) is 19.9 Å². The number of nitrogens with zero attached hydrogens (tertiary/aromatic N) is 5. The first kappa shape index (κ1) is 13.4. The van der Waals surface area contributed by atoms with Crippen LogP contribution >= 0.6 is 11.3 Å². The molecule has 112 valence electrons. The van der Waals surface area contributed by atoms with Gasteiger partial charge in [0.1, 0.15) is 10.6 Å². The molecule has 0 atom stereocenters. The highest BCUT2D eigenvalue weighted by Gasteiger charge is 2.18. The lowest BCUT2D eigenvalue weighted by molar-refractivity contribution is 0.122. The molecule has 1 aliphatic heterocycles. The quantitative estimate of drug-likeness (QED) is 0.767. The van der Waals surface area contributed by atoms with Gasteiger partial charge in [-0.1, -0.05) is 0 Å². The van der Waals surface area contributed by atoms with Crippen LogP contribution in [0.5, 0.6) is 0 Å². The van der Waals surface area contributed by atoms with Crippen LogP contribution in [0.3, 0.4) is 0 Å². The third-order valence-electron chi connectivity index (χ3n) is 3.55. The highest BCUT2D eigenvalue weighted by molar-refractivity contribution is 7.16. The van der Waals surface area contributed by atoms with Gasteiger partial charge in [-0.3, -0.25) is 0 Å². The van der Waals surface area contributed by atoms with Gasteiger partial charge in [-0.15, -0.1) is 11.3 Å². The molecular formula is C14H14N6OS. The van der Waals surface area contributed by atoms with Crippen LogP contribution in [0, 0.1) is 0 Å². The Morgan fingerprint density at radius 1 is 1.14 bits per heavy atom. The van der Waals surface area contributed by atoms with Crippen molar-refractivity contribution in [1.29, 1.82) is 0 Å². The Kier molecular flexibility index (Phi) is 3.32. The molecule has 3 aromatic heterocycles. The van der Waals surface area contributed by atoms with Crippen LogP contribution in [0.4, 0.5) is 11.8 Å². The van der Waals surface area contributed by atoms with E-state index in [9.17, 15) is 0 Å². The largest absolute Gasteiger partial charge is 0.378 e. The second kappa shape index (κ2) is 5.47. The maximum atomic E-state index is 5.54. The Bertz CT molecular complexity index is 797. The van der Waals surface area contributed by atoms with E-state index in [0.29, 0.717) is 5.82 Å². The smallest absolute Gasteiger partial charge is 0.219 e. The van der Waals surface area contributed by atoms with E-state index in [1.807, 2.05) is 5.38 Å². The first-order valence-electron chi connectivity index (χ1n) is 6.97. The summed E-state index contributed by atoms with van der Waals surface area (Å²) < 4.78 is 5.43. The SMILES string of the molecule is Nc1ncc(-c2nc(N3CCOCC3)c3ccsc3n2)cn1. The van der Waals surface area contributed by atoms with Gasteiger partial charge in [0.25, 0.3) is 0 Å². The molecule has 0 aliphatic carbocycles. The summed E-state index contributed by atoms with van der Waals surface area (Å²) in [5, 5.41) is 3.11. The standard InChI is InChI=1S/C14H14N6OS/c15-14-16-7-9(8-17-14)11-18-12(20-2-4-21-5-3-20)10-1-6-22-13(10)19-11/h1,6-8H,2-5H2,(H2,15,16,17). The van der Waals surface area contributed by atoms with Gasteiger partial charge in [0.15, 0.2) is 5.82 Å². The molecule has 0 saturated carbocycles. The third kappa shape index (κ3) is 2.36. The Balaban J connectivity index is 1.84. The van der Waals surface area contributed by atoms with Crippen LogP contribution in [0.25, 0.3) is 21.6 Å². The van der Waals surface area contributed by atoms with Crippen molar-refractivity contribution >= 4 is 33.3 Å². The van der Waals surface area contributed by atoms with Gasteiger partial charge < -0.3 is 15.4 Å². The second-order valence-corrected chi connectivity index (χ2v) is 5.83. The van der Waals surface area contributed by atoms with Crippen LogP contribution in [-0.4, -0.2) is 46.2 Å². The van der Waals surface area contributed by atoms with Crippen LogP contribution in [0.1, 0.15) is 0 Å². The minimum absolute atomic E-state index is 0.245. The normalized spacial score (nSPS) is 15.4. The van der Waals surface area contributed by atoms with E-state index in [-0.39, 0.29) is 5.95 Å². The summed E-state index contributed by atoms with van der Waals surface area (Å²) in [4.78, 5) is 20.6. The van der Waals surface area contributed by atoms with Gasteiger partial charge >= 0.3 is 0 Å². The zero-order valence-corrected chi connectivity index (χ0v) is 12.6. The van der Waals surface area contributed by atoms with Crippen LogP contribution in [0.15, 0.2) is 23.8 Å². The summed E-state index contributed by atoms with van der Waals surface area (Å²) in [5.74, 6) is 1.81. The molecule has 4 heterocycles. The van der Waals surface area contributed by atoms with Crippen molar-refractivity contribution in [2.45, 2.75) is 0 Å². The molecule has 0 bridgehead atoms. The Morgan fingerprint density at radius 2 is 1.91 bits per heavy atom. The molecule has 0 unspecified atom stereocenters. The number of hydrogen-bond acceptors (Lipinski definition) is 8. The highest BCUT2D eigenvalue weighted by Crippen LogP contribution is 2.30. The van der Waals surface area contributed by atoms with E-state index in [4.69, 9.17) is 15.5 Å². The van der Waals surface area contributed by atoms with Crippen molar-refractivity contribution in [3.63, 3.8) is 0 Å². The summed E-state index contributed by atoms with van der Waals surface area (Å²) in [6.07, 6.45) is 3.31. The van der Waals surface area contributed by atoms with E-state index < -0.39 is 0 Å². The Labute approximate surface area is 130 Å². The number of ether oxygens (including phenoxy) is 1. The molecule has 2 N–H and O–H groups in total. The first-order chi connectivity index (χ1) is 10.8. The topological polar surface area (TPSA) is 90.0 Å². The van der Waals surface area contributed by atoms with Crippen LogP contribution in [0.2, 0.25) is 0 Å². The number of anilines is 2. The highest BCUT2D eigenvalue weighted by atomic mass is 32.1. The fourth-order valence-corrected chi connectivity index (χ4v) is 3.20. The maximum Gasteiger partial charge on any atom is 0.219 e. The number of hydrogen-bond donors (Lipinski definition) is 1. The monoisotopic (exact) mass is 314 g/mol. The summed E-state index contributed by atoms with van der Waals surface area (Å²) in [6.45, 7) is 3.10. The van der Waals surface area contributed by atoms with E-state index in [2.05, 4.69) is 25.9 Å². The van der Waals surface area contributed by atoms with E-state index in [0.717, 1.165) is 47.9 Å². The van der Waals surface area contributed by atoms with E-state index in [1.54, 1.807) is 23.7 Å². The fourth-order valence-electron chi connectivity index (χ4n) is 2.44. The number of morpholine rings is 1. The minimum Gasteiger partial charge on any atom is -0.378 e. The summed E-state index contributed by atoms with van der Waals surface area (Å²) >= 11 is 1.60. The number of aromatic nitrogens is 4. The lowest BCUT2D eigenvalue weighted by atomic mass is 10.2. The predicted molar refractivity (Wildman–Crippen MR) is 85.9 cm³/mol. The number of nitrogens with two attached hydrogens (primary N) is 1. The van der Waals surface area contributed by atoms with E-state index in [1.165, 1.54) is 0 Å². The molecule has 1 fully saturated rings. The number of fused-ring (bicyclic) bond motifs is 1. The zero-order chi connectivity index (χ0) is 14.9. The Hall–Kier alpha value is -2.32. The van der Waals surface area contributed by atoms with Crippen molar-refractivity contribution in [3.8, 4) is 11.4 Å². The molecule has 22 heavy (non-hydrogen) atoms. The molecule has 1 saturated heterocycles. The molecular weight excluding hydrogens is 300 g/mol. The van der Waals surface area contributed by atoms with Crippen molar-refractivity contribution in [2.75, 3.05) is 36.9 Å². The van der Waals surface area contributed by atoms with E-state index >= 15 is 0 Å². The van der Waals surface area contributed by atoms with Gasteiger partial charge in [-0.05, 0) is 11.4 Å². The number of nitrogen functional groups attached to an aromatic ring is 1. The summed E-state index contributed by atoms with van der Waals surface area (Å²) in [5.41, 5.74) is 6.31. The summed E-state index contributed by atoms with van der Waals surface area (Å²) in [7, 11) is 0. The molecule has 4 rings (SSSR count). The fraction of sp³-hybridized carbons (Fsp3) is 0.286. The first-order valence-corrected chi connectivity index (χ1v) is 7.85. The maximum absolute atomic E-state index is 5.54. The number of thiophene rings is 1. The van der Waals surface area contributed by atoms with Crippen molar-refractivity contribution in [3.05, 3.63) is 23.8 Å². The van der Waals surface area contributed by atoms with Crippen molar-refractivity contribution < 1.29 is 4.74 Å². The lowest BCUT2D eigenvalue weighted by Gasteiger charge is -2.28. The second-order valence-electron chi connectivity index (χ2n) is 4.94. The van der Waals surface area contributed by atoms with Crippen molar-refractivity contribution in [1.82, 2.24) is 19.9 Å². The van der Waals surface area contributed by atoms with Gasteiger partial charge in [0, 0.05) is 25.5 Å². The summed E-state index contributed by atoms with van der Waals surface area (Å²) in [6, 6.07) is 2.06. The van der Waals surface area contributed by atoms with Gasteiger partial charge in [0.05, 0.1) is 24.2 Å². The Morgan fingerprint density at radius 3 is 2.68 bits per heavy atom. The molecule has 3 aromatic rings. The molecule has 0 amide bonds. The molecule has 8 heteroatoms.